The summed E-state index contributed by atoms with van der Waals surface area (Å²) in [5.41, 5.74) is 4.12. The van der Waals surface area contributed by atoms with E-state index in [4.69, 9.17) is 0 Å². The Kier molecular flexibility index (Phi) is 7.56. The van der Waals surface area contributed by atoms with Gasteiger partial charge in [0.25, 0.3) is 5.91 Å². The topological polar surface area (TPSA) is 128 Å². The SMILES string of the molecule is Cc1ccc(NC(=O)Nc2ccc(-c3ccc(C(=O)NC(C)(C)C(=O)O)c(CO)c3)cc2)c(C)c1. The van der Waals surface area contributed by atoms with Gasteiger partial charge in [-0.25, -0.2) is 9.59 Å². The van der Waals surface area contributed by atoms with Gasteiger partial charge in [0.15, 0.2) is 0 Å². The van der Waals surface area contributed by atoms with E-state index in [1.165, 1.54) is 13.8 Å². The summed E-state index contributed by atoms with van der Waals surface area (Å²) in [5, 5.41) is 27.1. The molecule has 8 nitrogen and oxygen atoms in total. The standard InChI is InChI=1S/C27H29N3O5/c1-16-5-12-23(17(2)13-16)29-26(35)28-21-9-6-18(7-10-21)19-8-11-22(20(14-19)15-31)24(32)30-27(3,4)25(33)34/h5-14,31H,15H2,1-4H3,(H,30,32)(H,33,34)(H2,28,29,35). The van der Waals surface area contributed by atoms with Crippen molar-refractivity contribution in [1.29, 1.82) is 0 Å². The molecular weight excluding hydrogens is 446 g/mol. The molecule has 35 heavy (non-hydrogen) atoms. The van der Waals surface area contributed by atoms with Crippen molar-refractivity contribution in [3.05, 3.63) is 82.9 Å². The molecule has 182 valence electrons. The molecule has 3 aromatic carbocycles. The highest BCUT2D eigenvalue weighted by molar-refractivity contribution is 6.01. The lowest BCUT2D eigenvalue weighted by Crippen LogP contribution is -2.49. The summed E-state index contributed by atoms with van der Waals surface area (Å²) in [6.45, 7) is 6.31. The first-order chi connectivity index (χ1) is 16.5. The average Bonchev–Trinajstić information content (AvgIpc) is 2.80. The largest absolute Gasteiger partial charge is 0.480 e. The number of hydrogen-bond donors (Lipinski definition) is 5. The van der Waals surface area contributed by atoms with Crippen LogP contribution in [-0.2, 0) is 11.4 Å². The minimum absolute atomic E-state index is 0.201. The first-order valence-electron chi connectivity index (χ1n) is 11.1. The van der Waals surface area contributed by atoms with Crippen molar-refractivity contribution in [1.82, 2.24) is 5.32 Å². The van der Waals surface area contributed by atoms with Crippen LogP contribution in [0.5, 0.6) is 0 Å². The van der Waals surface area contributed by atoms with E-state index in [-0.39, 0.29) is 18.2 Å². The fraction of sp³-hybridized carbons (Fsp3) is 0.222. The second kappa shape index (κ2) is 10.4. The normalized spacial score (nSPS) is 11.0. The van der Waals surface area contributed by atoms with E-state index in [1.807, 2.05) is 44.2 Å². The van der Waals surface area contributed by atoms with Gasteiger partial charge in [0.05, 0.1) is 6.61 Å². The molecule has 0 aliphatic carbocycles. The Balaban J connectivity index is 1.72. The second-order valence-electron chi connectivity index (χ2n) is 8.89. The van der Waals surface area contributed by atoms with Crippen molar-refractivity contribution in [2.75, 3.05) is 10.6 Å². The van der Waals surface area contributed by atoms with E-state index in [0.717, 1.165) is 27.9 Å². The Hall–Kier alpha value is -4.17. The van der Waals surface area contributed by atoms with Crippen LogP contribution >= 0.6 is 0 Å². The van der Waals surface area contributed by atoms with Crippen molar-refractivity contribution in [2.24, 2.45) is 0 Å². The Morgan fingerprint density at radius 2 is 1.51 bits per heavy atom. The number of anilines is 2. The number of carbonyl (C=O) groups excluding carboxylic acids is 2. The number of carbonyl (C=O) groups is 3. The highest BCUT2D eigenvalue weighted by Crippen LogP contribution is 2.25. The highest BCUT2D eigenvalue weighted by atomic mass is 16.4. The van der Waals surface area contributed by atoms with Crippen LogP contribution in [0.3, 0.4) is 0 Å². The maximum absolute atomic E-state index is 12.6. The molecule has 0 saturated carbocycles. The van der Waals surface area contributed by atoms with Crippen molar-refractivity contribution >= 4 is 29.3 Å². The Morgan fingerprint density at radius 3 is 2.11 bits per heavy atom. The van der Waals surface area contributed by atoms with Gasteiger partial charge in [0.1, 0.15) is 5.54 Å². The number of aliphatic hydroxyl groups is 1. The molecule has 0 spiro atoms. The van der Waals surface area contributed by atoms with E-state index in [9.17, 15) is 24.6 Å². The Morgan fingerprint density at radius 1 is 0.857 bits per heavy atom. The number of aliphatic carboxylic acids is 1. The molecule has 0 fully saturated rings. The molecule has 0 atom stereocenters. The summed E-state index contributed by atoms with van der Waals surface area (Å²) < 4.78 is 0. The van der Waals surface area contributed by atoms with Gasteiger partial charge in [-0.15, -0.1) is 0 Å². The molecule has 0 aliphatic heterocycles. The van der Waals surface area contributed by atoms with Gasteiger partial charge in [-0.05, 0) is 80.3 Å². The molecule has 0 bridgehead atoms. The lowest BCUT2D eigenvalue weighted by atomic mass is 9.97. The van der Waals surface area contributed by atoms with Crippen LogP contribution in [0.4, 0.5) is 16.2 Å². The van der Waals surface area contributed by atoms with Gasteiger partial charge in [0.2, 0.25) is 0 Å². The number of urea groups is 1. The minimum atomic E-state index is -1.45. The zero-order chi connectivity index (χ0) is 25.8. The number of carboxylic acid groups (broad SMARTS) is 1. The summed E-state index contributed by atoms with van der Waals surface area (Å²) in [6.07, 6.45) is 0. The second-order valence-corrected chi connectivity index (χ2v) is 8.89. The van der Waals surface area contributed by atoms with Gasteiger partial charge < -0.3 is 26.2 Å². The predicted octanol–water partition coefficient (Wildman–Crippen LogP) is 4.70. The van der Waals surface area contributed by atoms with Gasteiger partial charge in [0, 0.05) is 16.9 Å². The fourth-order valence-electron chi connectivity index (χ4n) is 3.51. The minimum Gasteiger partial charge on any atom is -0.480 e. The molecule has 0 saturated heterocycles. The average molecular weight is 476 g/mol. The monoisotopic (exact) mass is 475 g/mol. The molecule has 0 heterocycles. The van der Waals surface area contributed by atoms with Crippen molar-refractivity contribution in [2.45, 2.75) is 39.8 Å². The predicted molar refractivity (Wildman–Crippen MR) is 136 cm³/mol. The van der Waals surface area contributed by atoms with Gasteiger partial charge in [-0.3, -0.25) is 4.79 Å². The number of amides is 3. The van der Waals surface area contributed by atoms with Crippen LogP contribution in [0.25, 0.3) is 11.1 Å². The van der Waals surface area contributed by atoms with Crippen molar-refractivity contribution in [3.8, 4) is 11.1 Å². The summed E-state index contributed by atoms with van der Waals surface area (Å²) in [6, 6.07) is 17.5. The van der Waals surface area contributed by atoms with E-state index < -0.39 is 17.4 Å². The molecule has 0 unspecified atom stereocenters. The molecule has 8 heteroatoms. The number of carboxylic acids is 1. The molecular formula is C27H29N3O5. The lowest BCUT2D eigenvalue weighted by Gasteiger charge is -2.22. The number of nitrogens with one attached hydrogen (secondary N) is 3. The van der Waals surface area contributed by atoms with Gasteiger partial charge >= 0.3 is 12.0 Å². The van der Waals surface area contributed by atoms with Crippen LogP contribution in [0.15, 0.2) is 60.7 Å². The summed E-state index contributed by atoms with van der Waals surface area (Å²) in [7, 11) is 0. The zero-order valence-corrected chi connectivity index (χ0v) is 20.1. The number of benzene rings is 3. The maximum Gasteiger partial charge on any atom is 0.328 e. The van der Waals surface area contributed by atoms with Crippen molar-refractivity contribution in [3.63, 3.8) is 0 Å². The van der Waals surface area contributed by atoms with E-state index in [0.29, 0.717) is 11.3 Å². The van der Waals surface area contributed by atoms with E-state index in [1.54, 1.807) is 30.3 Å². The number of aryl methyl sites for hydroxylation is 2. The number of rotatable bonds is 7. The molecule has 0 aromatic heterocycles. The van der Waals surface area contributed by atoms with Crippen LogP contribution in [-0.4, -0.2) is 33.7 Å². The first-order valence-corrected chi connectivity index (χ1v) is 11.1. The third kappa shape index (κ3) is 6.24. The summed E-state index contributed by atoms with van der Waals surface area (Å²) >= 11 is 0. The van der Waals surface area contributed by atoms with Crippen LogP contribution in [0, 0.1) is 13.8 Å². The molecule has 3 amide bonds. The molecule has 0 aliphatic rings. The van der Waals surface area contributed by atoms with Crippen LogP contribution < -0.4 is 16.0 Å². The van der Waals surface area contributed by atoms with Gasteiger partial charge in [-0.1, -0.05) is 35.9 Å². The molecule has 3 rings (SSSR count). The van der Waals surface area contributed by atoms with Crippen LogP contribution in [0.2, 0.25) is 0 Å². The smallest absolute Gasteiger partial charge is 0.328 e. The lowest BCUT2D eigenvalue weighted by molar-refractivity contribution is -0.143. The molecule has 3 aromatic rings. The maximum atomic E-state index is 12.6. The number of hydrogen-bond acceptors (Lipinski definition) is 4. The fourth-order valence-corrected chi connectivity index (χ4v) is 3.51. The van der Waals surface area contributed by atoms with E-state index in [2.05, 4.69) is 16.0 Å². The summed E-state index contributed by atoms with van der Waals surface area (Å²) in [4.78, 5) is 36.3. The molecule has 5 N–H and O–H groups in total. The third-order valence-corrected chi connectivity index (χ3v) is 5.59. The molecule has 0 radical (unpaired) electrons. The first kappa shape index (κ1) is 25.5. The summed E-state index contributed by atoms with van der Waals surface area (Å²) in [5.74, 6) is -1.74. The quantitative estimate of drug-likeness (QED) is 0.338. The van der Waals surface area contributed by atoms with Crippen molar-refractivity contribution < 1.29 is 24.6 Å². The number of aliphatic hydroxyl groups excluding tert-OH is 1. The Bertz CT molecular complexity index is 1270. The Labute approximate surface area is 204 Å². The highest BCUT2D eigenvalue weighted by Gasteiger charge is 2.30. The van der Waals surface area contributed by atoms with Crippen LogP contribution in [0.1, 0.15) is 40.9 Å². The van der Waals surface area contributed by atoms with E-state index >= 15 is 0 Å². The third-order valence-electron chi connectivity index (χ3n) is 5.59. The van der Waals surface area contributed by atoms with Gasteiger partial charge in [-0.2, -0.15) is 0 Å². The zero-order valence-electron chi connectivity index (χ0n) is 20.1.